The normalized spacial score (nSPS) is 22.8. The van der Waals surface area contributed by atoms with Gasteiger partial charge in [-0.3, -0.25) is 9.59 Å². The number of carbonyl (C=O) groups excluding carboxylic acids is 2. The summed E-state index contributed by atoms with van der Waals surface area (Å²) >= 11 is 0. The van der Waals surface area contributed by atoms with Crippen molar-refractivity contribution in [3.05, 3.63) is 35.6 Å². The van der Waals surface area contributed by atoms with E-state index in [9.17, 15) is 14.0 Å². The number of nitrogens with zero attached hydrogens (tertiary/aromatic N) is 2. The van der Waals surface area contributed by atoms with Crippen molar-refractivity contribution in [2.75, 3.05) is 39.9 Å². The molecule has 172 valence electrons. The van der Waals surface area contributed by atoms with Gasteiger partial charge < -0.3 is 19.9 Å². The molecule has 0 aliphatic carbocycles. The molecule has 1 unspecified atom stereocenters. The summed E-state index contributed by atoms with van der Waals surface area (Å²) in [5.74, 6) is -0.00225. The fourth-order valence-corrected chi connectivity index (χ4v) is 4.72. The lowest BCUT2D eigenvalue weighted by Crippen LogP contribution is -2.51. The van der Waals surface area contributed by atoms with Gasteiger partial charge in [-0.2, -0.15) is 0 Å². The van der Waals surface area contributed by atoms with E-state index in [1.165, 1.54) is 24.3 Å². The fraction of sp³-hybridized carbons (Fsp3) is 0.667. The number of halogens is 1. The van der Waals surface area contributed by atoms with Crippen molar-refractivity contribution in [2.24, 2.45) is 5.92 Å². The Labute approximate surface area is 185 Å². The molecule has 0 radical (unpaired) electrons. The predicted molar refractivity (Wildman–Crippen MR) is 118 cm³/mol. The number of likely N-dealkylation sites (tertiary alicyclic amines) is 2. The highest BCUT2D eigenvalue weighted by Crippen LogP contribution is 2.29. The van der Waals surface area contributed by atoms with Crippen LogP contribution in [0.4, 0.5) is 4.39 Å². The summed E-state index contributed by atoms with van der Waals surface area (Å²) in [6, 6.07) is 6.09. The molecular weight excluding hydrogens is 397 g/mol. The van der Waals surface area contributed by atoms with E-state index in [-0.39, 0.29) is 17.6 Å². The monoisotopic (exact) mass is 433 g/mol. The SMILES string of the molecule is COCCC1(NC(=O)c2ccc(F)cc2)CCN(C(=O)CC2CCN(C(C)C)CC2)C1. The lowest BCUT2D eigenvalue weighted by molar-refractivity contribution is -0.131. The molecule has 3 rings (SSSR count). The Morgan fingerprint density at radius 2 is 1.87 bits per heavy atom. The van der Waals surface area contributed by atoms with Crippen molar-refractivity contribution in [1.29, 1.82) is 0 Å². The molecule has 31 heavy (non-hydrogen) atoms. The molecule has 0 aromatic heterocycles. The lowest BCUT2D eigenvalue weighted by atomic mass is 9.92. The molecule has 2 heterocycles. The van der Waals surface area contributed by atoms with E-state index in [0.717, 1.165) is 25.9 Å². The second-order valence-corrected chi connectivity index (χ2v) is 9.33. The first-order valence-corrected chi connectivity index (χ1v) is 11.4. The van der Waals surface area contributed by atoms with E-state index in [4.69, 9.17) is 4.74 Å². The van der Waals surface area contributed by atoms with Crippen molar-refractivity contribution in [3.63, 3.8) is 0 Å². The predicted octanol–water partition coefficient (Wildman–Crippen LogP) is 3.07. The Morgan fingerprint density at radius 3 is 2.48 bits per heavy atom. The number of rotatable bonds is 8. The zero-order chi connectivity index (χ0) is 22.4. The molecule has 0 spiro atoms. The van der Waals surface area contributed by atoms with Crippen LogP contribution in [-0.2, 0) is 9.53 Å². The van der Waals surface area contributed by atoms with E-state index in [2.05, 4.69) is 24.1 Å². The van der Waals surface area contributed by atoms with E-state index < -0.39 is 5.54 Å². The third-order valence-corrected chi connectivity index (χ3v) is 6.82. The first-order valence-electron chi connectivity index (χ1n) is 11.4. The van der Waals surface area contributed by atoms with Gasteiger partial charge in [0.25, 0.3) is 5.91 Å². The van der Waals surface area contributed by atoms with Crippen LogP contribution in [0.1, 0.15) is 56.3 Å². The average Bonchev–Trinajstić information content (AvgIpc) is 3.17. The second kappa shape index (κ2) is 10.6. The largest absolute Gasteiger partial charge is 0.385 e. The molecule has 0 saturated carbocycles. The fourth-order valence-electron chi connectivity index (χ4n) is 4.72. The average molecular weight is 434 g/mol. The van der Waals surface area contributed by atoms with Crippen LogP contribution in [0.3, 0.4) is 0 Å². The molecule has 6 nitrogen and oxygen atoms in total. The van der Waals surface area contributed by atoms with Gasteiger partial charge in [0.2, 0.25) is 5.91 Å². The number of hydrogen-bond donors (Lipinski definition) is 1. The van der Waals surface area contributed by atoms with E-state index in [1.807, 2.05) is 4.90 Å². The molecular formula is C24H36FN3O3. The van der Waals surface area contributed by atoms with Crippen LogP contribution in [0.15, 0.2) is 24.3 Å². The Bertz CT molecular complexity index is 747. The number of hydrogen-bond acceptors (Lipinski definition) is 4. The Balaban J connectivity index is 1.58. The van der Waals surface area contributed by atoms with Crippen LogP contribution in [0.25, 0.3) is 0 Å². The Hall–Kier alpha value is -1.99. The van der Waals surface area contributed by atoms with Gasteiger partial charge in [-0.1, -0.05) is 0 Å². The summed E-state index contributed by atoms with van der Waals surface area (Å²) in [7, 11) is 1.64. The standard InChI is InChI=1S/C24H36FN3O3/c1-18(2)27-12-8-19(9-13-27)16-22(29)28-14-10-24(17-28,11-15-31-3)26-23(30)20-4-6-21(25)7-5-20/h4-7,18-19H,8-17H2,1-3H3,(H,26,30). The molecule has 1 aromatic carbocycles. The zero-order valence-electron chi connectivity index (χ0n) is 19.0. The second-order valence-electron chi connectivity index (χ2n) is 9.33. The highest BCUT2D eigenvalue weighted by atomic mass is 19.1. The van der Waals surface area contributed by atoms with Crippen molar-refractivity contribution in [1.82, 2.24) is 15.1 Å². The minimum absolute atomic E-state index is 0.179. The molecule has 2 aliphatic heterocycles. The highest BCUT2D eigenvalue weighted by molar-refractivity contribution is 5.94. The summed E-state index contributed by atoms with van der Waals surface area (Å²) in [6.07, 6.45) is 4.04. The number of carbonyl (C=O) groups is 2. The smallest absolute Gasteiger partial charge is 0.251 e. The van der Waals surface area contributed by atoms with Gasteiger partial charge in [0.15, 0.2) is 0 Å². The first kappa shape index (κ1) is 23.7. The summed E-state index contributed by atoms with van der Waals surface area (Å²) in [4.78, 5) is 30.2. The minimum atomic E-state index is -0.516. The number of methoxy groups -OCH3 is 1. The van der Waals surface area contributed by atoms with Crippen LogP contribution < -0.4 is 5.32 Å². The van der Waals surface area contributed by atoms with Gasteiger partial charge in [0.1, 0.15) is 5.82 Å². The molecule has 2 amide bonds. The summed E-state index contributed by atoms with van der Waals surface area (Å²) in [6.45, 7) is 8.18. The van der Waals surface area contributed by atoms with Crippen molar-refractivity contribution in [3.8, 4) is 0 Å². The minimum Gasteiger partial charge on any atom is -0.385 e. The number of benzene rings is 1. The zero-order valence-corrected chi connectivity index (χ0v) is 19.0. The topological polar surface area (TPSA) is 61.9 Å². The van der Waals surface area contributed by atoms with Crippen LogP contribution in [0.2, 0.25) is 0 Å². The van der Waals surface area contributed by atoms with Gasteiger partial charge in [-0.25, -0.2) is 4.39 Å². The number of piperidine rings is 1. The van der Waals surface area contributed by atoms with Crippen molar-refractivity contribution in [2.45, 2.75) is 57.5 Å². The van der Waals surface area contributed by atoms with E-state index >= 15 is 0 Å². The first-order chi connectivity index (χ1) is 14.8. The molecule has 2 fully saturated rings. The van der Waals surface area contributed by atoms with Gasteiger partial charge >= 0.3 is 0 Å². The number of amides is 2. The molecule has 7 heteroatoms. The quantitative estimate of drug-likeness (QED) is 0.685. The van der Waals surface area contributed by atoms with Crippen LogP contribution >= 0.6 is 0 Å². The van der Waals surface area contributed by atoms with Crippen LogP contribution in [0, 0.1) is 11.7 Å². The van der Waals surface area contributed by atoms with Gasteiger partial charge in [-0.15, -0.1) is 0 Å². The molecule has 2 aliphatic rings. The maximum atomic E-state index is 13.2. The Kier molecular flexibility index (Phi) is 8.06. The van der Waals surface area contributed by atoms with Gasteiger partial charge in [0.05, 0.1) is 5.54 Å². The van der Waals surface area contributed by atoms with Crippen LogP contribution in [0.5, 0.6) is 0 Å². The van der Waals surface area contributed by atoms with Crippen molar-refractivity contribution >= 4 is 11.8 Å². The lowest BCUT2D eigenvalue weighted by Gasteiger charge is -2.35. The van der Waals surface area contributed by atoms with Crippen LogP contribution in [-0.4, -0.2) is 73.1 Å². The molecule has 0 bridgehead atoms. The third kappa shape index (κ3) is 6.26. The molecule has 1 N–H and O–H groups in total. The molecule has 1 aromatic rings. The summed E-state index contributed by atoms with van der Waals surface area (Å²) in [5, 5.41) is 3.13. The summed E-state index contributed by atoms with van der Waals surface area (Å²) in [5.41, 5.74) is -0.0992. The maximum absolute atomic E-state index is 13.2. The van der Waals surface area contributed by atoms with Gasteiger partial charge in [-0.05, 0) is 82.8 Å². The van der Waals surface area contributed by atoms with E-state index in [0.29, 0.717) is 56.5 Å². The third-order valence-electron chi connectivity index (χ3n) is 6.82. The number of nitrogens with one attached hydrogen (secondary N) is 1. The highest BCUT2D eigenvalue weighted by Gasteiger charge is 2.41. The molecule has 1 atom stereocenters. The Morgan fingerprint density at radius 1 is 1.19 bits per heavy atom. The molecule has 2 saturated heterocycles. The number of ether oxygens (including phenoxy) is 1. The summed E-state index contributed by atoms with van der Waals surface area (Å²) < 4.78 is 18.5. The van der Waals surface area contributed by atoms with E-state index in [1.54, 1.807) is 7.11 Å². The van der Waals surface area contributed by atoms with Gasteiger partial charge in [0, 0.05) is 44.8 Å². The van der Waals surface area contributed by atoms with Crippen molar-refractivity contribution < 1.29 is 18.7 Å². The maximum Gasteiger partial charge on any atom is 0.251 e.